The number of rotatable bonds is 6. The van der Waals surface area contributed by atoms with Crippen LogP contribution < -0.4 is 4.74 Å². The van der Waals surface area contributed by atoms with Gasteiger partial charge >= 0.3 is 0 Å². The largest absolute Gasteiger partial charge is 0.488 e. The van der Waals surface area contributed by atoms with Crippen molar-refractivity contribution in [2.75, 3.05) is 13.1 Å². The number of aromatic nitrogens is 4. The zero-order chi connectivity index (χ0) is 18.5. The number of pyridine rings is 2. The van der Waals surface area contributed by atoms with Gasteiger partial charge in [-0.2, -0.15) is 5.10 Å². The van der Waals surface area contributed by atoms with Crippen LogP contribution >= 0.6 is 0 Å². The molecule has 1 aliphatic heterocycles. The van der Waals surface area contributed by atoms with Crippen LogP contribution in [0.4, 0.5) is 0 Å². The van der Waals surface area contributed by atoms with Crippen LogP contribution in [0.5, 0.6) is 5.75 Å². The molecule has 1 fully saturated rings. The van der Waals surface area contributed by atoms with E-state index in [0.717, 1.165) is 56.0 Å². The van der Waals surface area contributed by atoms with E-state index in [1.807, 2.05) is 41.3 Å². The summed E-state index contributed by atoms with van der Waals surface area (Å²) in [6, 6.07) is 7.87. The quantitative estimate of drug-likeness (QED) is 0.672. The summed E-state index contributed by atoms with van der Waals surface area (Å²) < 4.78 is 8.32. The molecule has 3 aromatic rings. The Hall–Kier alpha value is -2.73. The van der Waals surface area contributed by atoms with Crippen LogP contribution in [0.1, 0.15) is 25.3 Å². The van der Waals surface area contributed by atoms with Gasteiger partial charge in [0.2, 0.25) is 0 Å². The third kappa shape index (κ3) is 4.34. The first-order valence-corrected chi connectivity index (χ1v) is 9.57. The minimum atomic E-state index is 0.226. The molecular weight excluding hydrogens is 338 g/mol. The van der Waals surface area contributed by atoms with Gasteiger partial charge in [0.05, 0.1) is 6.20 Å². The Kier molecular flexibility index (Phi) is 5.44. The zero-order valence-corrected chi connectivity index (χ0v) is 15.7. The molecule has 0 atom stereocenters. The molecule has 0 spiro atoms. The summed E-state index contributed by atoms with van der Waals surface area (Å²) in [6.07, 6.45) is 11.8. The van der Waals surface area contributed by atoms with Crippen molar-refractivity contribution in [3.63, 3.8) is 0 Å². The van der Waals surface area contributed by atoms with E-state index in [1.54, 1.807) is 12.4 Å². The van der Waals surface area contributed by atoms with Gasteiger partial charge in [-0.25, -0.2) is 0 Å². The van der Waals surface area contributed by atoms with Gasteiger partial charge in [-0.3, -0.25) is 19.5 Å². The highest BCUT2D eigenvalue weighted by Gasteiger charge is 2.22. The molecule has 0 bridgehead atoms. The number of nitrogens with zero attached hydrogens (tertiary/aromatic N) is 5. The Bertz CT molecular complexity index is 856. The lowest BCUT2D eigenvalue weighted by molar-refractivity contribution is 0.0970. The van der Waals surface area contributed by atoms with Gasteiger partial charge in [-0.15, -0.1) is 0 Å². The van der Waals surface area contributed by atoms with E-state index in [9.17, 15) is 0 Å². The summed E-state index contributed by atoms with van der Waals surface area (Å²) in [5.74, 6) is 0.853. The summed E-state index contributed by atoms with van der Waals surface area (Å²) in [7, 11) is 0. The number of ether oxygens (including phenoxy) is 1. The molecule has 1 aliphatic rings. The predicted molar refractivity (Wildman–Crippen MR) is 104 cm³/mol. The fourth-order valence-corrected chi connectivity index (χ4v) is 3.50. The first-order valence-electron chi connectivity index (χ1n) is 9.57. The lowest BCUT2D eigenvalue weighted by atomic mass is 10.1. The molecule has 0 aromatic carbocycles. The average Bonchev–Trinajstić information content (AvgIpc) is 3.18. The number of aryl methyl sites for hydroxylation is 1. The van der Waals surface area contributed by atoms with E-state index in [1.165, 1.54) is 5.56 Å². The van der Waals surface area contributed by atoms with Crippen molar-refractivity contribution in [3.05, 3.63) is 60.8 Å². The SMILES string of the molecule is CCn1cc(CN2CCC(Oc3cccnc3-c3ccncc3)CC2)cn1. The van der Waals surface area contributed by atoms with Crippen LogP contribution in [0.3, 0.4) is 0 Å². The molecule has 3 aromatic heterocycles. The summed E-state index contributed by atoms with van der Waals surface area (Å²) in [6.45, 7) is 6.06. The van der Waals surface area contributed by atoms with Gasteiger partial charge in [0.15, 0.2) is 0 Å². The third-order valence-electron chi connectivity index (χ3n) is 4.97. The fraction of sp³-hybridized carbons (Fsp3) is 0.381. The molecule has 6 nitrogen and oxygen atoms in total. The Morgan fingerprint density at radius 1 is 1.11 bits per heavy atom. The number of hydrogen-bond donors (Lipinski definition) is 0. The van der Waals surface area contributed by atoms with Gasteiger partial charge in [0.1, 0.15) is 17.5 Å². The maximum Gasteiger partial charge on any atom is 0.145 e. The lowest BCUT2D eigenvalue weighted by Crippen LogP contribution is -2.37. The average molecular weight is 363 g/mol. The summed E-state index contributed by atoms with van der Waals surface area (Å²) in [5.41, 5.74) is 3.20. The maximum atomic E-state index is 6.33. The smallest absolute Gasteiger partial charge is 0.145 e. The molecule has 4 rings (SSSR count). The maximum absolute atomic E-state index is 6.33. The molecule has 1 saturated heterocycles. The fourth-order valence-electron chi connectivity index (χ4n) is 3.50. The Morgan fingerprint density at radius 3 is 2.67 bits per heavy atom. The normalized spacial score (nSPS) is 15.7. The highest BCUT2D eigenvalue weighted by atomic mass is 16.5. The van der Waals surface area contributed by atoms with E-state index in [0.29, 0.717) is 0 Å². The molecule has 4 heterocycles. The summed E-state index contributed by atoms with van der Waals surface area (Å²) in [4.78, 5) is 11.1. The van der Waals surface area contributed by atoms with Gasteiger partial charge in [0, 0.05) is 62.1 Å². The van der Waals surface area contributed by atoms with E-state index in [-0.39, 0.29) is 6.10 Å². The van der Waals surface area contributed by atoms with E-state index in [2.05, 4.69) is 33.1 Å². The number of hydrogen-bond acceptors (Lipinski definition) is 5. The Labute approximate surface area is 159 Å². The standard InChI is InChI=1S/C21H25N5O/c1-2-26-16-17(14-24-26)15-25-12-7-19(8-13-25)27-20-4-3-9-23-21(20)18-5-10-22-11-6-18/h3-6,9-11,14,16,19H,2,7-8,12-13,15H2,1H3. The molecule has 6 heteroatoms. The molecule has 27 heavy (non-hydrogen) atoms. The van der Waals surface area contributed by atoms with Gasteiger partial charge in [0.25, 0.3) is 0 Å². The summed E-state index contributed by atoms with van der Waals surface area (Å²) in [5, 5.41) is 4.36. The number of likely N-dealkylation sites (tertiary alicyclic amines) is 1. The topological polar surface area (TPSA) is 56.1 Å². The molecule has 0 radical (unpaired) electrons. The van der Waals surface area contributed by atoms with Crippen LogP contribution in [0.15, 0.2) is 55.2 Å². The molecule has 140 valence electrons. The zero-order valence-electron chi connectivity index (χ0n) is 15.7. The molecule has 0 amide bonds. The second-order valence-corrected chi connectivity index (χ2v) is 6.88. The monoisotopic (exact) mass is 363 g/mol. The van der Waals surface area contributed by atoms with E-state index < -0.39 is 0 Å². The minimum Gasteiger partial charge on any atom is -0.488 e. The van der Waals surface area contributed by atoms with E-state index >= 15 is 0 Å². The first-order chi connectivity index (χ1) is 13.3. The van der Waals surface area contributed by atoms with Crippen LogP contribution in [-0.2, 0) is 13.1 Å². The van der Waals surface area contributed by atoms with Crippen LogP contribution in [0, 0.1) is 0 Å². The molecule has 0 saturated carbocycles. The molecule has 0 aliphatic carbocycles. The van der Waals surface area contributed by atoms with Gasteiger partial charge in [-0.05, 0) is 44.0 Å². The minimum absolute atomic E-state index is 0.226. The second-order valence-electron chi connectivity index (χ2n) is 6.88. The predicted octanol–water partition coefficient (Wildman–Crippen LogP) is 3.40. The van der Waals surface area contributed by atoms with Crippen molar-refractivity contribution in [1.82, 2.24) is 24.6 Å². The third-order valence-corrected chi connectivity index (χ3v) is 4.97. The van der Waals surface area contributed by atoms with Crippen molar-refractivity contribution in [2.45, 2.75) is 39.0 Å². The van der Waals surface area contributed by atoms with Crippen molar-refractivity contribution >= 4 is 0 Å². The molecular formula is C21H25N5O. The molecule has 0 N–H and O–H groups in total. The van der Waals surface area contributed by atoms with Gasteiger partial charge in [-0.1, -0.05) is 0 Å². The summed E-state index contributed by atoms with van der Waals surface area (Å²) >= 11 is 0. The van der Waals surface area contributed by atoms with Crippen LogP contribution in [-0.4, -0.2) is 43.8 Å². The molecule has 0 unspecified atom stereocenters. The van der Waals surface area contributed by atoms with Crippen molar-refractivity contribution < 1.29 is 4.74 Å². The highest BCUT2D eigenvalue weighted by Crippen LogP contribution is 2.29. The van der Waals surface area contributed by atoms with E-state index in [4.69, 9.17) is 4.74 Å². The highest BCUT2D eigenvalue weighted by molar-refractivity contribution is 5.65. The van der Waals surface area contributed by atoms with Crippen molar-refractivity contribution in [3.8, 4) is 17.0 Å². The van der Waals surface area contributed by atoms with Crippen molar-refractivity contribution in [2.24, 2.45) is 0 Å². The lowest BCUT2D eigenvalue weighted by Gasteiger charge is -2.32. The first kappa shape index (κ1) is 17.7. The number of piperidine rings is 1. The Morgan fingerprint density at radius 2 is 1.93 bits per heavy atom. The van der Waals surface area contributed by atoms with Gasteiger partial charge < -0.3 is 4.74 Å². The van der Waals surface area contributed by atoms with Crippen LogP contribution in [0.2, 0.25) is 0 Å². The van der Waals surface area contributed by atoms with Crippen molar-refractivity contribution in [1.29, 1.82) is 0 Å². The second kappa shape index (κ2) is 8.31. The Balaban J connectivity index is 1.36. The van der Waals surface area contributed by atoms with Crippen LogP contribution in [0.25, 0.3) is 11.3 Å².